The fourth-order valence-electron chi connectivity index (χ4n) is 2.17. The van der Waals surface area contributed by atoms with E-state index in [4.69, 9.17) is 9.47 Å². The van der Waals surface area contributed by atoms with E-state index in [2.05, 4.69) is 20.6 Å². The molecule has 134 valence electrons. The van der Waals surface area contributed by atoms with Crippen LogP contribution in [-0.4, -0.2) is 36.1 Å². The highest BCUT2D eigenvalue weighted by molar-refractivity contribution is 5.92. The number of amides is 1. The number of hydrogen-bond donors (Lipinski definition) is 2. The minimum absolute atomic E-state index is 0.0812. The van der Waals surface area contributed by atoms with Gasteiger partial charge in [-0.2, -0.15) is 0 Å². The molecule has 1 aromatic carbocycles. The summed E-state index contributed by atoms with van der Waals surface area (Å²) in [4.78, 5) is 21.0. The summed E-state index contributed by atoms with van der Waals surface area (Å²) in [6.07, 6.45) is 0.849. The van der Waals surface area contributed by atoms with Crippen molar-refractivity contribution in [2.24, 2.45) is 0 Å². The lowest BCUT2D eigenvalue weighted by molar-refractivity contribution is 0.0934. The highest BCUT2D eigenvalue weighted by Crippen LogP contribution is 2.30. The fraction of sp³-hybridized carbons (Fsp3) is 0.389. The Labute approximate surface area is 147 Å². The third-order valence-electron chi connectivity index (χ3n) is 3.73. The van der Waals surface area contributed by atoms with E-state index in [1.165, 1.54) is 0 Å². The number of hydrogen-bond acceptors (Lipinski definition) is 6. The summed E-state index contributed by atoms with van der Waals surface area (Å²) in [7, 11) is 3.17. The van der Waals surface area contributed by atoms with Crippen molar-refractivity contribution in [3.8, 4) is 11.5 Å². The predicted octanol–water partition coefficient (Wildman–Crippen LogP) is 3.07. The van der Waals surface area contributed by atoms with Crippen LogP contribution in [0.2, 0.25) is 0 Å². The molecule has 0 radical (unpaired) electrons. The number of nitrogens with one attached hydrogen (secondary N) is 2. The molecule has 25 heavy (non-hydrogen) atoms. The first-order valence-electron chi connectivity index (χ1n) is 8.12. The quantitative estimate of drug-likeness (QED) is 0.803. The summed E-state index contributed by atoms with van der Waals surface area (Å²) in [5.74, 6) is 1.39. The van der Waals surface area contributed by atoms with Crippen LogP contribution in [0.15, 0.2) is 24.3 Å². The van der Waals surface area contributed by atoms with Gasteiger partial charge in [-0.15, -0.1) is 0 Å². The molecule has 0 aliphatic carbocycles. The van der Waals surface area contributed by atoms with Crippen molar-refractivity contribution in [2.45, 2.75) is 33.2 Å². The molecule has 1 amide bonds. The molecule has 7 nitrogen and oxygen atoms in total. The molecule has 1 aromatic heterocycles. The Morgan fingerprint density at radius 2 is 1.96 bits per heavy atom. The number of carbonyl (C=O) groups is 1. The van der Waals surface area contributed by atoms with Gasteiger partial charge in [0.25, 0.3) is 5.91 Å². The van der Waals surface area contributed by atoms with Gasteiger partial charge < -0.3 is 20.1 Å². The average Bonchev–Trinajstić information content (AvgIpc) is 2.60. The van der Waals surface area contributed by atoms with Crippen LogP contribution in [0.5, 0.6) is 11.5 Å². The molecule has 1 atom stereocenters. The fourth-order valence-corrected chi connectivity index (χ4v) is 2.17. The van der Waals surface area contributed by atoms with E-state index >= 15 is 0 Å². The number of anilines is 2. The van der Waals surface area contributed by atoms with Gasteiger partial charge in [0, 0.05) is 17.8 Å². The maximum absolute atomic E-state index is 12.3. The van der Waals surface area contributed by atoms with Crippen LogP contribution in [0.4, 0.5) is 11.6 Å². The van der Waals surface area contributed by atoms with E-state index in [0.717, 1.165) is 6.42 Å². The van der Waals surface area contributed by atoms with Gasteiger partial charge in [-0.25, -0.2) is 9.97 Å². The van der Waals surface area contributed by atoms with Gasteiger partial charge in [0.1, 0.15) is 17.2 Å². The minimum Gasteiger partial charge on any atom is -0.497 e. The molecule has 2 rings (SSSR count). The number of carbonyl (C=O) groups excluding carboxylic acids is 1. The molecule has 1 heterocycles. The number of methoxy groups -OCH3 is 2. The third kappa shape index (κ3) is 4.82. The molecule has 7 heteroatoms. The van der Waals surface area contributed by atoms with E-state index in [1.807, 2.05) is 20.8 Å². The molecule has 1 unspecified atom stereocenters. The number of nitrogens with zero attached hydrogens (tertiary/aromatic N) is 2. The van der Waals surface area contributed by atoms with Crippen molar-refractivity contribution >= 4 is 17.5 Å². The molecule has 0 fully saturated rings. The number of benzene rings is 1. The first-order valence-corrected chi connectivity index (χ1v) is 8.12. The first-order chi connectivity index (χ1) is 12.0. The van der Waals surface area contributed by atoms with Gasteiger partial charge >= 0.3 is 0 Å². The Balaban J connectivity index is 2.30. The second-order valence-electron chi connectivity index (χ2n) is 5.69. The van der Waals surface area contributed by atoms with Crippen LogP contribution in [0.3, 0.4) is 0 Å². The van der Waals surface area contributed by atoms with E-state index < -0.39 is 0 Å². The number of aromatic nitrogens is 2. The van der Waals surface area contributed by atoms with Gasteiger partial charge in [-0.3, -0.25) is 4.79 Å². The van der Waals surface area contributed by atoms with Crippen molar-refractivity contribution < 1.29 is 14.3 Å². The molecule has 0 bridgehead atoms. The Morgan fingerprint density at radius 1 is 1.20 bits per heavy atom. The van der Waals surface area contributed by atoms with E-state index in [9.17, 15) is 4.79 Å². The van der Waals surface area contributed by atoms with Gasteiger partial charge in [0.15, 0.2) is 0 Å². The first kappa shape index (κ1) is 18.5. The molecular formula is C18H24N4O3. The maximum Gasteiger partial charge on any atom is 0.270 e. The molecular weight excluding hydrogens is 320 g/mol. The van der Waals surface area contributed by atoms with Crippen LogP contribution in [0.1, 0.15) is 36.5 Å². The summed E-state index contributed by atoms with van der Waals surface area (Å²) < 4.78 is 10.6. The Kier molecular flexibility index (Phi) is 6.16. The highest BCUT2D eigenvalue weighted by atomic mass is 16.5. The van der Waals surface area contributed by atoms with Crippen LogP contribution in [-0.2, 0) is 0 Å². The van der Waals surface area contributed by atoms with Crippen molar-refractivity contribution in [2.75, 3.05) is 19.5 Å². The second kappa shape index (κ2) is 8.32. The zero-order valence-corrected chi connectivity index (χ0v) is 15.2. The highest BCUT2D eigenvalue weighted by Gasteiger charge is 2.14. The minimum atomic E-state index is -0.222. The van der Waals surface area contributed by atoms with Crippen LogP contribution in [0.25, 0.3) is 0 Å². The van der Waals surface area contributed by atoms with Gasteiger partial charge in [-0.05, 0) is 38.5 Å². The lowest BCUT2D eigenvalue weighted by Gasteiger charge is -2.14. The zero-order valence-electron chi connectivity index (χ0n) is 15.2. The van der Waals surface area contributed by atoms with E-state index in [-0.39, 0.29) is 11.9 Å². The SMILES string of the molecule is CCC(C)NC(=O)c1cc(C)nc(Nc2cc(OC)ccc2OC)n1. The van der Waals surface area contributed by atoms with E-state index in [0.29, 0.717) is 34.5 Å². The van der Waals surface area contributed by atoms with Crippen LogP contribution >= 0.6 is 0 Å². The predicted molar refractivity (Wildman–Crippen MR) is 96.8 cm³/mol. The van der Waals surface area contributed by atoms with Crippen molar-refractivity contribution in [1.29, 1.82) is 0 Å². The lowest BCUT2D eigenvalue weighted by Crippen LogP contribution is -2.32. The topological polar surface area (TPSA) is 85.4 Å². The van der Waals surface area contributed by atoms with Crippen molar-refractivity contribution in [3.63, 3.8) is 0 Å². The molecule has 2 aromatic rings. The van der Waals surface area contributed by atoms with Gasteiger partial charge in [0.2, 0.25) is 5.95 Å². The Morgan fingerprint density at radius 3 is 2.60 bits per heavy atom. The van der Waals surface area contributed by atoms with Gasteiger partial charge in [0.05, 0.1) is 19.9 Å². The summed E-state index contributed by atoms with van der Waals surface area (Å²) in [5.41, 5.74) is 1.66. The monoisotopic (exact) mass is 344 g/mol. The Bertz CT molecular complexity index is 749. The molecule has 2 N–H and O–H groups in total. The summed E-state index contributed by atoms with van der Waals surface area (Å²) in [5, 5.41) is 6.00. The summed E-state index contributed by atoms with van der Waals surface area (Å²) >= 11 is 0. The Hall–Kier alpha value is -2.83. The number of aryl methyl sites for hydroxylation is 1. The third-order valence-corrected chi connectivity index (χ3v) is 3.73. The van der Waals surface area contributed by atoms with Gasteiger partial charge in [-0.1, -0.05) is 6.92 Å². The second-order valence-corrected chi connectivity index (χ2v) is 5.69. The van der Waals surface area contributed by atoms with Crippen molar-refractivity contribution in [3.05, 3.63) is 35.7 Å². The van der Waals surface area contributed by atoms with E-state index in [1.54, 1.807) is 38.5 Å². The average molecular weight is 344 g/mol. The lowest BCUT2D eigenvalue weighted by atomic mass is 10.2. The van der Waals surface area contributed by atoms with Crippen molar-refractivity contribution in [1.82, 2.24) is 15.3 Å². The smallest absolute Gasteiger partial charge is 0.270 e. The normalized spacial score (nSPS) is 11.6. The number of rotatable bonds is 7. The van der Waals surface area contributed by atoms with Crippen LogP contribution < -0.4 is 20.1 Å². The molecule has 0 saturated carbocycles. The number of ether oxygens (including phenoxy) is 2. The maximum atomic E-state index is 12.3. The van der Waals surface area contributed by atoms with Crippen LogP contribution in [0, 0.1) is 6.92 Å². The standard InChI is InChI=1S/C18H24N4O3/c1-6-11(2)19-17(23)15-9-12(3)20-18(22-15)21-14-10-13(24-4)7-8-16(14)25-5/h7-11H,6H2,1-5H3,(H,19,23)(H,20,21,22). The summed E-state index contributed by atoms with van der Waals surface area (Å²) in [6.45, 7) is 5.78. The molecule has 0 saturated heterocycles. The summed E-state index contributed by atoms with van der Waals surface area (Å²) in [6, 6.07) is 7.10. The largest absolute Gasteiger partial charge is 0.497 e. The zero-order chi connectivity index (χ0) is 18.4. The molecule has 0 aliphatic heterocycles. The molecule has 0 aliphatic rings. The molecule has 0 spiro atoms.